The number of ketones is 1. The SMILES string of the molecule is O=C(O)CCCCCN1C(=O)C(=O)C(=C(O)c2ccc(Cl)cc2)[C@@H]1c1ccc2c(c1)OCO2. The number of likely N-dealkylation sites (tertiary alicyclic amines) is 1. The first kappa shape index (κ1) is 22.7. The van der Waals surface area contributed by atoms with Crippen molar-refractivity contribution >= 4 is 35.0 Å². The maximum atomic E-state index is 13.0. The third-order valence-corrected chi connectivity index (χ3v) is 5.91. The molecule has 2 N–H and O–H groups in total. The van der Waals surface area contributed by atoms with E-state index >= 15 is 0 Å². The number of rotatable bonds is 8. The normalized spacial score (nSPS) is 18.7. The zero-order chi connectivity index (χ0) is 23.5. The number of fused-ring (bicyclic) bond motifs is 1. The molecule has 0 unspecified atom stereocenters. The van der Waals surface area contributed by atoms with Crippen LogP contribution in [0.5, 0.6) is 11.5 Å². The van der Waals surface area contributed by atoms with E-state index in [-0.39, 0.29) is 31.1 Å². The molecule has 2 aromatic rings. The fourth-order valence-electron chi connectivity index (χ4n) is 4.04. The highest BCUT2D eigenvalue weighted by Gasteiger charge is 2.46. The van der Waals surface area contributed by atoms with E-state index in [9.17, 15) is 19.5 Å². The lowest BCUT2D eigenvalue weighted by molar-refractivity contribution is -0.140. The van der Waals surface area contributed by atoms with Crippen molar-refractivity contribution in [2.24, 2.45) is 0 Å². The van der Waals surface area contributed by atoms with Crippen LogP contribution in [0.1, 0.15) is 42.9 Å². The number of unbranched alkanes of at least 4 members (excludes halogenated alkanes) is 2. The van der Waals surface area contributed by atoms with Crippen molar-refractivity contribution in [1.82, 2.24) is 4.90 Å². The molecular weight excluding hydrogens is 450 g/mol. The predicted octanol–water partition coefficient (Wildman–Crippen LogP) is 4.14. The Morgan fingerprint density at radius 3 is 2.45 bits per heavy atom. The van der Waals surface area contributed by atoms with Crippen molar-refractivity contribution < 1.29 is 34.1 Å². The highest BCUT2D eigenvalue weighted by molar-refractivity contribution is 6.46. The fraction of sp³-hybridized carbons (Fsp3) is 0.292. The number of amides is 1. The van der Waals surface area contributed by atoms with Crippen LogP contribution in [0.25, 0.3) is 5.76 Å². The first-order valence-corrected chi connectivity index (χ1v) is 10.9. The monoisotopic (exact) mass is 471 g/mol. The molecule has 0 spiro atoms. The Balaban J connectivity index is 1.70. The molecule has 0 aromatic heterocycles. The number of Topliss-reactive ketones (excluding diaryl/α,β-unsaturated/α-hetero) is 1. The van der Waals surface area contributed by atoms with Crippen LogP contribution < -0.4 is 9.47 Å². The molecule has 33 heavy (non-hydrogen) atoms. The van der Waals surface area contributed by atoms with E-state index in [2.05, 4.69) is 0 Å². The van der Waals surface area contributed by atoms with E-state index in [1.54, 1.807) is 42.5 Å². The Morgan fingerprint density at radius 2 is 1.73 bits per heavy atom. The van der Waals surface area contributed by atoms with Gasteiger partial charge < -0.3 is 24.6 Å². The van der Waals surface area contributed by atoms with Gasteiger partial charge in [-0.2, -0.15) is 0 Å². The third-order valence-electron chi connectivity index (χ3n) is 5.66. The molecule has 1 amide bonds. The lowest BCUT2D eigenvalue weighted by Gasteiger charge is -2.25. The summed E-state index contributed by atoms with van der Waals surface area (Å²) in [4.78, 5) is 38.1. The van der Waals surface area contributed by atoms with E-state index in [4.69, 9.17) is 26.2 Å². The standard InChI is InChI=1S/C24H22ClNO7/c25-16-8-5-14(6-9-16)22(29)20-21(15-7-10-17-18(12-15)33-13-32-17)26(24(31)23(20)30)11-3-1-2-4-19(27)28/h5-10,12,21,29H,1-4,11,13H2,(H,27,28)/t21-/m0/s1. The summed E-state index contributed by atoms with van der Waals surface area (Å²) in [6, 6.07) is 10.6. The average Bonchev–Trinajstić information content (AvgIpc) is 3.36. The number of hydrogen-bond donors (Lipinski definition) is 2. The second-order valence-corrected chi connectivity index (χ2v) is 8.25. The molecule has 9 heteroatoms. The number of aliphatic carboxylic acids is 1. The molecule has 4 rings (SSSR count). The van der Waals surface area contributed by atoms with Crippen molar-refractivity contribution in [2.75, 3.05) is 13.3 Å². The summed E-state index contributed by atoms with van der Waals surface area (Å²) in [5, 5.41) is 20.3. The minimum atomic E-state index is -0.876. The Kier molecular flexibility index (Phi) is 6.55. The van der Waals surface area contributed by atoms with Crippen molar-refractivity contribution in [2.45, 2.75) is 31.7 Å². The number of benzene rings is 2. The maximum absolute atomic E-state index is 13.0. The topological polar surface area (TPSA) is 113 Å². The van der Waals surface area contributed by atoms with Crippen LogP contribution in [0.3, 0.4) is 0 Å². The number of ether oxygens (including phenoxy) is 2. The minimum absolute atomic E-state index is 0.0216. The molecule has 1 fully saturated rings. The van der Waals surface area contributed by atoms with Crippen molar-refractivity contribution in [3.8, 4) is 11.5 Å². The summed E-state index contributed by atoms with van der Waals surface area (Å²) >= 11 is 5.94. The van der Waals surface area contributed by atoms with E-state index in [0.29, 0.717) is 46.9 Å². The van der Waals surface area contributed by atoms with Crippen molar-refractivity contribution in [3.63, 3.8) is 0 Å². The van der Waals surface area contributed by atoms with Gasteiger partial charge in [0.1, 0.15) is 5.76 Å². The quantitative estimate of drug-likeness (QED) is 0.257. The largest absolute Gasteiger partial charge is 0.507 e. The highest BCUT2D eigenvalue weighted by atomic mass is 35.5. The van der Waals surface area contributed by atoms with Crippen LogP contribution in [-0.2, 0) is 14.4 Å². The second-order valence-electron chi connectivity index (χ2n) is 7.82. The van der Waals surface area contributed by atoms with Gasteiger partial charge in [-0.3, -0.25) is 14.4 Å². The minimum Gasteiger partial charge on any atom is -0.507 e. The van der Waals surface area contributed by atoms with Gasteiger partial charge in [0, 0.05) is 23.6 Å². The summed E-state index contributed by atoms with van der Waals surface area (Å²) in [5.41, 5.74) is 0.941. The molecule has 2 aliphatic heterocycles. The Hall–Kier alpha value is -3.52. The number of halogens is 1. The zero-order valence-corrected chi connectivity index (χ0v) is 18.4. The van der Waals surface area contributed by atoms with Crippen molar-refractivity contribution in [1.29, 1.82) is 0 Å². The molecule has 172 valence electrons. The molecule has 0 saturated carbocycles. The molecule has 1 saturated heterocycles. The molecule has 2 heterocycles. The van der Waals surface area contributed by atoms with Crippen LogP contribution >= 0.6 is 11.6 Å². The van der Waals surface area contributed by atoms with Crippen LogP contribution in [0.4, 0.5) is 0 Å². The average molecular weight is 472 g/mol. The number of aliphatic hydroxyl groups is 1. The Bertz CT molecular complexity index is 1130. The number of carbonyl (C=O) groups excluding carboxylic acids is 2. The van der Waals surface area contributed by atoms with Gasteiger partial charge in [0.25, 0.3) is 11.7 Å². The van der Waals surface area contributed by atoms with E-state index < -0.39 is 23.7 Å². The molecule has 2 aliphatic rings. The highest BCUT2D eigenvalue weighted by Crippen LogP contribution is 2.43. The van der Waals surface area contributed by atoms with Gasteiger partial charge in [-0.05, 0) is 54.8 Å². The summed E-state index contributed by atoms with van der Waals surface area (Å²) in [7, 11) is 0. The Labute approximate surface area is 195 Å². The van der Waals surface area contributed by atoms with Crippen LogP contribution in [0.2, 0.25) is 5.02 Å². The molecular formula is C24H22ClNO7. The van der Waals surface area contributed by atoms with Gasteiger partial charge in [-0.1, -0.05) is 24.1 Å². The fourth-order valence-corrected chi connectivity index (χ4v) is 4.16. The van der Waals surface area contributed by atoms with Gasteiger partial charge >= 0.3 is 5.97 Å². The first-order valence-electron chi connectivity index (χ1n) is 10.5. The van der Waals surface area contributed by atoms with Gasteiger partial charge in [-0.25, -0.2) is 0 Å². The first-order chi connectivity index (χ1) is 15.9. The molecule has 0 bridgehead atoms. The van der Waals surface area contributed by atoms with Gasteiger partial charge in [-0.15, -0.1) is 0 Å². The third kappa shape index (κ3) is 4.66. The summed E-state index contributed by atoms with van der Waals surface area (Å²) in [6.45, 7) is 0.314. The number of carboxylic acids is 1. The summed E-state index contributed by atoms with van der Waals surface area (Å²) < 4.78 is 10.8. The summed E-state index contributed by atoms with van der Waals surface area (Å²) in [5.74, 6) is -1.62. The number of carboxylic acid groups (broad SMARTS) is 1. The molecule has 1 atom stereocenters. The smallest absolute Gasteiger partial charge is 0.303 e. The van der Waals surface area contributed by atoms with Crippen molar-refractivity contribution in [3.05, 3.63) is 64.2 Å². The number of carbonyl (C=O) groups is 3. The van der Waals surface area contributed by atoms with Crippen LogP contribution in [0.15, 0.2) is 48.0 Å². The van der Waals surface area contributed by atoms with Crippen LogP contribution in [0, 0.1) is 0 Å². The van der Waals surface area contributed by atoms with Gasteiger partial charge in [0.15, 0.2) is 11.5 Å². The predicted molar refractivity (Wildman–Crippen MR) is 119 cm³/mol. The molecule has 0 aliphatic carbocycles. The van der Waals surface area contributed by atoms with E-state index in [0.717, 1.165) is 0 Å². The lowest BCUT2D eigenvalue weighted by atomic mass is 9.95. The zero-order valence-electron chi connectivity index (χ0n) is 17.6. The lowest BCUT2D eigenvalue weighted by Crippen LogP contribution is -2.30. The van der Waals surface area contributed by atoms with Gasteiger partial charge in [0.05, 0.1) is 11.6 Å². The number of aliphatic hydroxyl groups excluding tert-OH is 1. The number of hydrogen-bond acceptors (Lipinski definition) is 6. The van der Waals surface area contributed by atoms with Gasteiger partial charge in [0.2, 0.25) is 6.79 Å². The Morgan fingerprint density at radius 1 is 1.00 bits per heavy atom. The van der Waals surface area contributed by atoms with Crippen LogP contribution in [-0.4, -0.2) is 46.1 Å². The molecule has 8 nitrogen and oxygen atoms in total. The van der Waals surface area contributed by atoms with E-state index in [1.165, 1.54) is 4.90 Å². The second kappa shape index (κ2) is 9.54. The molecule has 0 radical (unpaired) electrons. The number of nitrogens with zero attached hydrogens (tertiary/aromatic N) is 1. The van der Waals surface area contributed by atoms with E-state index in [1.807, 2.05) is 0 Å². The maximum Gasteiger partial charge on any atom is 0.303 e. The molecule has 2 aromatic carbocycles. The summed E-state index contributed by atoms with van der Waals surface area (Å²) in [6.07, 6.45) is 1.61.